The zero-order chi connectivity index (χ0) is 86.0. The Kier molecular flexibility index (Phi) is 30.6. The molecular formula is C90H103N23O8. The highest BCUT2D eigenvalue weighted by atomic mass is 16.2. The van der Waals surface area contributed by atoms with E-state index in [4.69, 9.17) is 0 Å². The number of likely N-dealkylation sites (N-methyl/N-ethyl adjacent to an activating group) is 3. The maximum absolute atomic E-state index is 12.9. The lowest BCUT2D eigenvalue weighted by Crippen LogP contribution is -2.29. The van der Waals surface area contributed by atoms with Crippen molar-refractivity contribution in [1.29, 1.82) is 0 Å². The van der Waals surface area contributed by atoms with Crippen molar-refractivity contribution in [2.24, 2.45) is 0 Å². The number of piperidine rings is 2. The minimum atomic E-state index is -0.383. The highest BCUT2D eigenvalue weighted by molar-refractivity contribution is 6.07. The van der Waals surface area contributed by atoms with E-state index in [1.54, 1.807) is 160 Å². The first-order valence-electron chi connectivity index (χ1n) is 40.2. The molecule has 8 aromatic heterocycles. The number of aromatic amines is 4. The zero-order valence-electron chi connectivity index (χ0n) is 69.7. The summed E-state index contributed by atoms with van der Waals surface area (Å²) < 4.78 is 0. The summed E-state index contributed by atoms with van der Waals surface area (Å²) in [6.45, 7) is 17.5. The number of aryl methyl sites for hydroxylation is 2. The Bertz CT molecular complexity index is 5760. The van der Waals surface area contributed by atoms with E-state index in [1.807, 2.05) is 89.4 Å². The second-order valence-corrected chi connectivity index (χ2v) is 30.2. The fraction of sp³-hybridized carbons (Fsp3) is 0.289. The lowest BCUT2D eigenvalue weighted by atomic mass is 9.87. The molecule has 14 rings (SSSR count). The van der Waals surface area contributed by atoms with E-state index < -0.39 is 0 Å². The van der Waals surface area contributed by atoms with E-state index in [0.717, 1.165) is 85.4 Å². The van der Waals surface area contributed by atoms with Gasteiger partial charge in [-0.15, -0.1) is 0 Å². The average molecular weight is 1630 g/mol. The first-order valence-corrected chi connectivity index (χ1v) is 40.2. The van der Waals surface area contributed by atoms with Crippen LogP contribution in [0.4, 0.5) is 52.0 Å². The summed E-state index contributed by atoms with van der Waals surface area (Å²) >= 11 is 0. The van der Waals surface area contributed by atoms with Gasteiger partial charge in [-0.25, -0.2) is 39.9 Å². The first kappa shape index (κ1) is 87.6. The van der Waals surface area contributed by atoms with Gasteiger partial charge >= 0.3 is 0 Å². The molecule has 2 aliphatic heterocycles. The average Bonchev–Trinajstić information content (AvgIpc) is 0.781. The Morgan fingerprint density at radius 2 is 0.860 bits per heavy atom. The number of pyridine rings is 4. The van der Waals surface area contributed by atoms with E-state index in [9.17, 15) is 38.4 Å². The molecule has 4 aromatic carbocycles. The van der Waals surface area contributed by atoms with E-state index >= 15 is 0 Å². The van der Waals surface area contributed by atoms with Crippen LogP contribution in [0.1, 0.15) is 125 Å². The molecule has 0 spiro atoms. The second kappa shape index (κ2) is 42.3. The summed E-state index contributed by atoms with van der Waals surface area (Å²) in [6.07, 6.45) is 21.1. The Morgan fingerprint density at radius 1 is 0.455 bits per heavy atom. The molecule has 0 aliphatic carbocycles. The van der Waals surface area contributed by atoms with Crippen LogP contribution in [0.5, 0.6) is 0 Å². The quantitative estimate of drug-likeness (QED) is 0.0250. The number of carbonyl (C=O) groups is 4. The molecule has 11 N–H and O–H groups in total. The van der Waals surface area contributed by atoms with Crippen LogP contribution in [0.2, 0.25) is 0 Å². The van der Waals surface area contributed by atoms with Gasteiger partial charge in [0.15, 0.2) is 0 Å². The van der Waals surface area contributed by atoms with Crippen LogP contribution in [0.25, 0.3) is 45.0 Å². The van der Waals surface area contributed by atoms with Gasteiger partial charge in [0.25, 0.3) is 45.9 Å². The van der Waals surface area contributed by atoms with Crippen LogP contribution in [0, 0.1) is 6.92 Å². The Balaban J connectivity index is 0.000000159. The molecule has 31 heteroatoms. The summed E-state index contributed by atoms with van der Waals surface area (Å²) in [6, 6.07) is 42.9. The normalized spacial score (nSPS) is 12.4. The lowest BCUT2D eigenvalue weighted by molar-refractivity contribution is 0.101. The SMILES string of the molecule is CCc1ncc(C)c(-c2c[nH]c(=O)c(NC(=O)c3ccc(C(C)(C)C)cc3)c2)n1.CN(C)CCN(C)c1nccc(-c2c[nH]c(=O)c(NC(=O)c3ccc(N4CCCCC4)cc3)c2)n1.CNCCNc1nccc(-c2c[nH]c(=O)c(NC(=O)c3ccc(N4CCCCC4)cc3)c2)n1.CNc1nccc(-c2c[nH]c(=O)c(NC(=O)c3ccccc3)c2)n1. The summed E-state index contributed by atoms with van der Waals surface area (Å²) in [7, 11) is 9.57. The molecule has 2 aliphatic rings. The van der Waals surface area contributed by atoms with Crippen LogP contribution in [0.15, 0.2) is 214 Å². The van der Waals surface area contributed by atoms with E-state index in [2.05, 4.69) is 132 Å². The summed E-state index contributed by atoms with van der Waals surface area (Å²) in [4.78, 5) is 154. The maximum Gasteiger partial charge on any atom is 0.271 e. The third-order valence-electron chi connectivity index (χ3n) is 19.9. The molecule has 31 nitrogen and oxygen atoms in total. The monoisotopic (exact) mass is 1630 g/mol. The molecule has 0 unspecified atom stereocenters. The molecule has 2 fully saturated rings. The number of rotatable bonds is 24. The number of benzene rings is 4. The number of aromatic nitrogens is 12. The van der Waals surface area contributed by atoms with Crippen LogP contribution in [-0.4, -0.2) is 176 Å². The van der Waals surface area contributed by atoms with Crippen molar-refractivity contribution in [2.75, 3.05) is 134 Å². The molecule has 0 atom stereocenters. The van der Waals surface area contributed by atoms with Crippen LogP contribution >= 0.6 is 0 Å². The summed E-state index contributed by atoms with van der Waals surface area (Å²) in [5, 5.41) is 19.9. The predicted molar refractivity (Wildman–Crippen MR) is 479 cm³/mol. The second-order valence-electron chi connectivity index (χ2n) is 30.2. The van der Waals surface area contributed by atoms with Gasteiger partial charge < -0.3 is 76.8 Å². The summed E-state index contributed by atoms with van der Waals surface area (Å²) in [5.41, 5.74) is 10.8. The molecule has 2 saturated heterocycles. The van der Waals surface area contributed by atoms with Crippen LogP contribution in [0.3, 0.4) is 0 Å². The molecule has 4 amide bonds. The van der Waals surface area contributed by atoms with E-state index in [1.165, 1.54) is 38.5 Å². The number of carbonyl (C=O) groups excluding carboxylic acids is 4. The largest absolute Gasteiger partial charge is 0.372 e. The molecule has 626 valence electrons. The lowest BCUT2D eigenvalue weighted by Gasteiger charge is -2.28. The number of anilines is 9. The minimum absolute atomic E-state index is 0.00717. The third kappa shape index (κ3) is 24.7. The highest BCUT2D eigenvalue weighted by Crippen LogP contribution is 2.29. The molecule has 0 radical (unpaired) electrons. The van der Waals surface area contributed by atoms with Crippen molar-refractivity contribution >= 4 is 75.6 Å². The van der Waals surface area contributed by atoms with Gasteiger partial charge in [0.2, 0.25) is 17.8 Å². The standard InChI is InChI=1S/C26H33N7O2.C24H29N7O2.C23H26N4O2.C17H15N5O2/c1-31(2)15-16-32(3)26-27-12-11-22(30-26)20-17-23(25(35)28-18-20)29-24(34)19-7-9-21(10-8-19)33-13-5-4-6-14-33;1-25-11-12-27-24-26-10-9-20(30-24)18-15-21(23(33)28-16-18)29-22(32)17-5-7-19(8-6-17)31-13-3-2-4-14-31;1-6-19-24-12-14(2)20(27-19)16-11-18(22(29)25-13-16)26-21(28)15-7-9-17(10-8-15)23(3,4)5;1-18-17-19-8-7-13(22-17)12-9-14(16(24)20-10-12)21-15(23)11-5-3-2-4-6-11/h7-12,17-18H,4-6,13-16H2,1-3H3,(H,28,35)(H,29,34);5-10,15-16,25H,2-4,11-14H2,1H3,(H,28,33)(H,29,32)(H,26,27,30);7-13H,6H2,1-5H3,(H,25,29)(H,26,28);2-10H,1H3,(H,20,24)(H,21,23)(H,18,19,22). The van der Waals surface area contributed by atoms with Crippen molar-refractivity contribution in [3.8, 4) is 45.0 Å². The fourth-order valence-corrected chi connectivity index (χ4v) is 13.0. The molecular weight excluding hydrogens is 1530 g/mol. The van der Waals surface area contributed by atoms with Gasteiger partial charge in [0.1, 0.15) is 28.6 Å². The van der Waals surface area contributed by atoms with E-state index in [0.29, 0.717) is 86.8 Å². The van der Waals surface area contributed by atoms with Gasteiger partial charge in [-0.1, -0.05) is 58.0 Å². The highest BCUT2D eigenvalue weighted by Gasteiger charge is 2.21. The van der Waals surface area contributed by atoms with Crippen LogP contribution in [-0.2, 0) is 11.8 Å². The van der Waals surface area contributed by atoms with Gasteiger partial charge in [0, 0.05) is 178 Å². The number of amides is 4. The predicted octanol–water partition coefficient (Wildman–Crippen LogP) is 12.2. The summed E-state index contributed by atoms with van der Waals surface area (Å²) in [5.74, 6) is 0.932. The van der Waals surface area contributed by atoms with Crippen molar-refractivity contribution in [3.05, 3.63) is 276 Å². The maximum atomic E-state index is 12.9. The molecule has 0 bridgehead atoms. The number of H-pyrrole nitrogens is 4. The van der Waals surface area contributed by atoms with Crippen molar-refractivity contribution in [3.63, 3.8) is 0 Å². The fourth-order valence-electron chi connectivity index (χ4n) is 13.0. The number of nitrogens with zero attached hydrogens (tertiary/aromatic N) is 12. The number of nitrogens with one attached hydrogen (secondary N) is 11. The molecule has 0 saturated carbocycles. The minimum Gasteiger partial charge on any atom is -0.372 e. The Hall–Kier alpha value is -14.2. The smallest absolute Gasteiger partial charge is 0.271 e. The number of hydrogen-bond acceptors (Lipinski definition) is 23. The van der Waals surface area contributed by atoms with Gasteiger partial charge in [0.05, 0.1) is 22.8 Å². The van der Waals surface area contributed by atoms with Crippen molar-refractivity contribution in [2.45, 2.75) is 85.0 Å². The Morgan fingerprint density at radius 3 is 1.29 bits per heavy atom. The number of hydrogen-bond donors (Lipinski definition) is 11. The molecule has 10 heterocycles. The molecule has 12 aromatic rings. The van der Waals surface area contributed by atoms with E-state index in [-0.39, 0.29) is 74.0 Å². The Labute approximate surface area is 701 Å². The first-order chi connectivity index (χ1) is 58.4. The van der Waals surface area contributed by atoms with Crippen molar-refractivity contribution in [1.82, 2.24) is 70.0 Å². The zero-order valence-corrected chi connectivity index (χ0v) is 69.7. The van der Waals surface area contributed by atoms with Crippen LogP contribution < -0.4 is 74.2 Å². The van der Waals surface area contributed by atoms with Crippen molar-refractivity contribution < 1.29 is 19.2 Å². The third-order valence-corrected chi connectivity index (χ3v) is 19.9. The van der Waals surface area contributed by atoms with Gasteiger partial charge in [-0.2, -0.15) is 0 Å². The topological polar surface area (TPSA) is 400 Å². The van der Waals surface area contributed by atoms with Gasteiger partial charge in [-0.3, -0.25) is 38.4 Å². The van der Waals surface area contributed by atoms with Gasteiger partial charge in [-0.05, 0) is 198 Å². The molecule has 121 heavy (non-hydrogen) atoms.